The average molecular weight is 393 g/mol. The topological polar surface area (TPSA) is 0 Å². The maximum Gasteiger partial charge on any atom is 0 e. The Hall–Kier alpha value is 2.79. The Morgan fingerprint density at radius 1 is 0.400 bits per heavy atom. The first kappa shape index (κ1) is 46.1. The second kappa shape index (κ2) is 29.2. The number of hydrogen-bond donors (Lipinski definition) is 0. The van der Waals surface area contributed by atoms with Crippen LogP contribution in [0.1, 0.15) is 0 Å². The predicted molar refractivity (Wildman–Crippen MR) is 23.0 cm³/mol. The Bertz CT molecular complexity index is 3.61. The molecule has 0 aliphatic heterocycles. The van der Waals surface area contributed by atoms with Gasteiger partial charge in [0.05, 0.1) is 0 Å². The summed E-state index contributed by atoms with van der Waals surface area (Å²) in [5, 5.41) is 0. The van der Waals surface area contributed by atoms with Gasteiger partial charge >= 0.3 is 0 Å². The van der Waals surface area contributed by atoms with Crippen molar-refractivity contribution < 1.29 is 19.5 Å². The van der Waals surface area contributed by atoms with E-state index in [0.717, 1.165) is 0 Å². The van der Waals surface area contributed by atoms with Crippen molar-refractivity contribution in [1.82, 2.24) is 0 Å². The first-order valence-electron chi connectivity index (χ1n) is 0. The van der Waals surface area contributed by atoms with E-state index in [1.165, 1.54) is 0 Å². The van der Waals surface area contributed by atoms with Gasteiger partial charge in [0.25, 0.3) is 0 Å². The predicted octanol–water partition coefficient (Wildman–Crippen LogP) is -1.53. The second-order valence-corrected chi connectivity index (χ2v) is 0. The van der Waals surface area contributed by atoms with Gasteiger partial charge in [0.15, 0.2) is 0 Å². The van der Waals surface area contributed by atoms with Gasteiger partial charge < -0.3 is 0 Å². The van der Waals surface area contributed by atoms with Gasteiger partial charge in [0.2, 0.25) is 0 Å². The summed E-state index contributed by atoms with van der Waals surface area (Å²) in [6, 6.07) is 0. The largest absolute Gasteiger partial charge is 0 e. The fourth-order valence-corrected chi connectivity index (χ4v) is 0. The average Bonchev–Trinajstić information content (AvgIpc) is 0. The molecule has 0 unspecified atom stereocenters. The van der Waals surface area contributed by atoms with Crippen LogP contribution in [0.3, 0.4) is 0 Å². The van der Waals surface area contributed by atoms with Crippen LogP contribution in [-0.2, 0) is 19.5 Å². The van der Waals surface area contributed by atoms with Crippen LogP contribution in [0.4, 0.5) is 0 Å². The third-order valence-electron chi connectivity index (χ3n) is 0. The minimum Gasteiger partial charge on any atom is 0 e. The molecule has 0 amide bonds. The fraction of sp³-hybridized carbons (Fsp3) is 0. The monoisotopic (exact) mass is 399 g/mol. The van der Waals surface area contributed by atoms with Crippen molar-refractivity contribution >= 4 is 70.4 Å². The molecular formula is Ge4Rh. The smallest absolute Gasteiger partial charge is 0 e. The first-order chi connectivity index (χ1) is 0. The summed E-state index contributed by atoms with van der Waals surface area (Å²) in [7, 11) is 0. The summed E-state index contributed by atoms with van der Waals surface area (Å²) in [6.07, 6.45) is 0. The van der Waals surface area contributed by atoms with Crippen LogP contribution in [0.15, 0.2) is 0 Å². The van der Waals surface area contributed by atoms with Crippen LogP contribution in [-0.4, -0.2) is 70.4 Å². The third-order valence-corrected chi connectivity index (χ3v) is 0. The fourth-order valence-electron chi connectivity index (χ4n) is 0. The Labute approximate surface area is 88.6 Å². The van der Waals surface area contributed by atoms with E-state index in [4.69, 9.17) is 0 Å². The quantitative estimate of drug-likeness (QED) is 0.439. The van der Waals surface area contributed by atoms with Crippen molar-refractivity contribution in [3.05, 3.63) is 0 Å². The van der Waals surface area contributed by atoms with Crippen molar-refractivity contribution in [2.45, 2.75) is 0 Å². The maximum absolute atomic E-state index is 0. The van der Waals surface area contributed by atoms with E-state index in [9.17, 15) is 0 Å². The van der Waals surface area contributed by atoms with Crippen molar-refractivity contribution in [2.24, 2.45) is 0 Å². The zero-order valence-electron chi connectivity index (χ0n) is 2.33. The van der Waals surface area contributed by atoms with E-state index < -0.39 is 0 Å². The maximum atomic E-state index is 0. The standard InChI is InChI=1S/4Ge.Rh. The van der Waals surface area contributed by atoms with Crippen molar-refractivity contribution in [3.63, 3.8) is 0 Å². The zero-order valence-corrected chi connectivity index (χ0v) is 12.4. The summed E-state index contributed by atoms with van der Waals surface area (Å²) >= 11 is 0. The molecule has 0 aromatic carbocycles. The van der Waals surface area contributed by atoms with Crippen LogP contribution >= 0.6 is 0 Å². The Morgan fingerprint density at radius 2 is 0.400 bits per heavy atom. The van der Waals surface area contributed by atoms with E-state index in [2.05, 4.69) is 0 Å². The Balaban J connectivity index is 0. The van der Waals surface area contributed by atoms with Gasteiger partial charge in [-0.3, -0.25) is 0 Å². The molecule has 0 fully saturated rings. The second-order valence-electron chi connectivity index (χ2n) is 0. The molecular weight excluding hydrogens is 393 g/mol. The molecule has 0 rings (SSSR count). The molecule has 0 nitrogen and oxygen atoms in total. The summed E-state index contributed by atoms with van der Waals surface area (Å²) in [5.74, 6) is 0. The molecule has 0 saturated carbocycles. The summed E-state index contributed by atoms with van der Waals surface area (Å²) in [5.41, 5.74) is 0. The molecule has 25 valence electrons. The van der Waals surface area contributed by atoms with Gasteiger partial charge in [-0.25, -0.2) is 0 Å². The molecule has 0 aromatic rings. The van der Waals surface area contributed by atoms with E-state index in [0.29, 0.717) is 0 Å². The molecule has 5 heteroatoms. The van der Waals surface area contributed by atoms with Crippen LogP contribution in [0.5, 0.6) is 0 Å². The van der Waals surface area contributed by atoms with Gasteiger partial charge in [0.1, 0.15) is 0 Å². The molecule has 0 bridgehead atoms. The molecule has 0 saturated heterocycles. The normalized spacial score (nSPS) is 0. The van der Waals surface area contributed by atoms with Crippen molar-refractivity contribution in [3.8, 4) is 0 Å². The van der Waals surface area contributed by atoms with E-state index in [-0.39, 0.29) is 89.9 Å². The van der Waals surface area contributed by atoms with Crippen LogP contribution in [0.25, 0.3) is 0 Å². The summed E-state index contributed by atoms with van der Waals surface area (Å²) < 4.78 is 0. The van der Waals surface area contributed by atoms with Crippen LogP contribution < -0.4 is 0 Å². The van der Waals surface area contributed by atoms with Crippen molar-refractivity contribution in [2.75, 3.05) is 0 Å². The summed E-state index contributed by atoms with van der Waals surface area (Å²) in [6.45, 7) is 0. The molecule has 0 spiro atoms. The van der Waals surface area contributed by atoms with E-state index >= 15 is 0 Å². The molecule has 0 aliphatic carbocycles. The molecule has 5 heavy (non-hydrogen) atoms. The molecule has 0 heterocycles. The third kappa shape index (κ3) is 20.0. The summed E-state index contributed by atoms with van der Waals surface area (Å²) in [4.78, 5) is 0. The SMILES string of the molecule is [Ge].[Ge].[Ge].[Ge].[Rh]. The molecule has 0 aliphatic rings. The van der Waals surface area contributed by atoms with Crippen LogP contribution in [0.2, 0.25) is 0 Å². The first-order valence-corrected chi connectivity index (χ1v) is 0. The number of hydrogen-bond acceptors (Lipinski definition) is 0. The molecule has 0 aromatic heterocycles. The zero-order chi connectivity index (χ0) is 0. The Kier molecular flexibility index (Phi) is 269. The minimum absolute atomic E-state index is 0. The number of rotatable bonds is 0. The molecule has 0 N–H and O–H groups in total. The van der Waals surface area contributed by atoms with Crippen LogP contribution in [0, 0.1) is 0 Å². The van der Waals surface area contributed by atoms with Gasteiger partial charge in [-0.15, -0.1) is 0 Å². The molecule has 0 atom stereocenters. The van der Waals surface area contributed by atoms with E-state index in [1.54, 1.807) is 0 Å². The van der Waals surface area contributed by atoms with E-state index in [1.807, 2.05) is 0 Å². The van der Waals surface area contributed by atoms with Gasteiger partial charge in [-0.1, -0.05) is 0 Å². The van der Waals surface area contributed by atoms with Crippen molar-refractivity contribution in [1.29, 1.82) is 0 Å². The van der Waals surface area contributed by atoms with Gasteiger partial charge in [-0.2, -0.15) is 0 Å². The minimum atomic E-state index is 0. The Morgan fingerprint density at radius 3 is 0.400 bits per heavy atom. The van der Waals surface area contributed by atoms with Gasteiger partial charge in [0, 0.05) is 89.9 Å². The molecule has 17 radical (unpaired) electrons. The van der Waals surface area contributed by atoms with Gasteiger partial charge in [-0.05, 0) is 0 Å².